The first kappa shape index (κ1) is 12.4. The highest BCUT2D eigenvalue weighted by Gasteiger charge is 2.67. The first-order valence-electron chi connectivity index (χ1n) is 6.05. The van der Waals surface area contributed by atoms with Crippen molar-refractivity contribution in [3.05, 3.63) is 21.9 Å². The zero-order valence-corrected chi connectivity index (χ0v) is 12.4. The summed E-state index contributed by atoms with van der Waals surface area (Å²) in [4.78, 5) is 2.79. The minimum atomic E-state index is 0.190. The minimum absolute atomic E-state index is 0.190. The van der Waals surface area contributed by atoms with Crippen LogP contribution in [0, 0.1) is 16.7 Å². The molecule has 0 amide bonds. The third-order valence-electron chi connectivity index (χ3n) is 4.73. The lowest BCUT2D eigenvalue weighted by Gasteiger charge is -2.09. The van der Waals surface area contributed by atoms with Crippen LogP contribution in [0.5, 0.6) is 0 Å². The van der Waals surface area contributed by atoms with Crippen molar-refractivity contribution in [2.45, 2.75) is 46.4 Å². The molecule has 0 aromatic carbocycles. The fraction of sp³-hybridized carbons (Fsp3) is 0.714. The van der Waals surface area contributed by atoms with E-state index in [1.54, 1.807) is 0 Å². The Bertz CT molecular complexity index is 375. The van der Waals surface area contributed by atoms with Gasteiger partial charge in [0.25, 0.3) is 0 Å². The summed E-state index contributed by atoms with van der Waals surface area (Å²) in [5, 5.41) is 0.190. The van der Waals surface area contributed by atoms with Crippen LogP contribution in [-0.2, 0) is 6.42 Å². The van der Waals surface area contributed by atoms with E-state index in [1.807, 2.05) is 11.3 Å². The fourth-order valence-electron chi connectivity index (χ4n) is 2.88. The number of hydrogen-bond acceptors (Lipinski definition) is 1. The molecule has 16 heavy (non-hydrogen) atoms. The van der Waals surface area contributed by atoms with Gasteiger partial charge in [0.2, 0.25) is 0 Å². The van der Waals surface area contributed by atoms with Gasteiger partial charge >= 0.3 is 0 Å². The van der Waals surface area contributed by atoms with Gasteiger partial charge in [-0.25, -0.2) is 0 Å². The van der Waals surface area contributed by atoms with Crippen LogP contribution < -0.4 is 0 Å². The fourth-order valence-corrected chi connectivity index (χ4v) is 4.68. The van der Waals surface area contributed by atoms with E-state index < -0.39 is 0 Å². The van der Waals surface area contributed by atoms with Crippen molar-refractivity contribution < 1.29 is 0 Å². The van der Waals surface area contributed by atoms with Crippen molar-refractivity contribution in [3.8, 4) is 0 Å². The molecule has 0 bridgehead atoms. The Morgan fingerprint density at radius 2 is 1.81 bits per heavy atom. The van der Waals surface area contributed by atoms with Gasteiger partial charge in [-0.3, -0.25) is 0 Å². The van der Waals surface area contributed by atoms with Crippen LogP contribution in [0.4, 0.5) is 0 Å². The molecule has 0 N–H and O–H groups in total. The zero-order chi connectivity index (χ0) is 12.1. The number of aryl methyl sites for hydroxylation is 1. The summed E-state index contributed by atoms with van der Waals surface area (Å²) in [6, 6.07) is 4.43. The number of thiophene rings is 1. The summed E-state index contributed by atoms with van der Waals surface area (Å²) < 4.78 is 0. The quantitative estimate of drug-likeness (QED) is 0.646. The van der Waals surface area contributed by atoms with Gasteiger partial charge < -0.3 is 0 Å². The summed E-state index contributed by atoms with van der Waals surface area (Å²) in [5.41, 5.74) is 0.742. The zero-order valence-electron chi connectivity index (χ0n) is 10.8. The van der Waals surface area contributed by atoms with Crippen molar-refractivity contribution in [1.29, 1.82) is 0 Å². The van der Waals surface area contributed by atoms with Crippen LogP contribution >= 0.6 is 22.9 Å². The average molecular weight is 257 g/mol. The molecule has 0 radical (unpaired) electrons. The van der Waals surface area contributed by atoms with E-state index in [-0.39, 0.29) is 5.38 Å². The largest absolute Gasteiger partial charge is 0.144 e. The lowest BCUT2D eigenvalue weighted by atomic mass is 10.0. The lowest BCUT2D eigenvalue weighted by Crippen LogP contribution is -1.97. The molecule has 1 aromatic heterocycles. The molecular weight excluding hydrogens is 236 g/mol. The van der Waals surface area contributed by atoms with Crippen molar-refractivity contribution in [1.82, 2.24) is 0 Å². The maximum absolute atomic E-state index is 6.65. The molecule has 0 saturated heterocycles. The molecule has 1 saturated carbocycles. The maximum Gasteiger partial charge on any atom is 0.0717 e. The second kappa shape index (κ2) is 3.74. The first-order valence-corrected chi connectivity index (χ1v) is 7.30. The van der Waals surface area contributed by atoms with Crippen LogP contribution in [-0.4, -0.2) is 0 Å². The number of alkyl halides is 1. The highest BCUT2D eigenvalue weighted by Crippen LogP contribution is 2.73. The molecule has 0 nitrogen and oxygen atoms in total. The molecule has 2 rings (SSSR count). The summed E-state index contributed by atoms with van der Waals surface area (Å²) in [5.74, 6) is 0.602. The van der Waals surface area contributed by atoms with Gasteiger partial charge in [-0.15, -0.1) is 22.9 Å². The Kier molecular flexibility index (Phi) is 2.91. The molecule has 1 unspecified atom stereocenters. The van der Waals surface area contributed by atoms with E-state index in [0.29, 0.717) is 16.7 Å². The van der Waals surface area contributed by atoms with Crippen LogP contribution in [0.1, 0.15) is 49.8 Å². The van der Waals surface area contributed by atoms with Crippen LogP contribution in [0.15, 0.2) is 12.1 Å². The molecule has 1 aromatic rings. The molecule has 0 aliphatic heterocycles. The second-order valence-corrected chi connectivity index (χ2v) is 7.65. The molecule has 0 spiro atoms. The van der Waals surface area contributed by atoms with Gasteiger partial charge in [-0.1, -0.05) is 34.6 Å². The summed E-state index contributed by atoms with van der Waals surface area (Å²) in [7, 11) is 0. The summed E-state index contributed by atoms with van der Waals surface area (Å²) >= 11 is 8.53. The normalized spacial score (nSPS) is 24.4. The molecule has 2 heteroatoms. The standard InChI is InChI=1S/C14H21ClS/c1-6-9-7-8-10(16-9)11(15)12-13(2,3)14(12,4)5/h7-8,11-12H,6H2,1-5H3. The highest BCUT2D eigenvalue weighted by molar-refractivity contribution is 7.12. The van der Waals surface area contributed by atoms with E-state index in [0.717, 1.165) is 6.42 Å². The van der Waals surface area contributed by atoms with E-state index in [4.69, 9.17) is 11.6 Å². The maximum atomic E-state index is 6.65. The predicted molar refractivity (Wildman–Crippen MR) is 73.3 cm³/mol. The lowest BCUT2D eigenvalue weighted by molar-refractivity contribution is 0.457. The number of hydrogen-bond donors (Lipinski definition) is 0. The molecule has 1 aliphatic rings. The molecule has 1 heterocycles. The van der Waals surface area contributed by atoms with Crippen molar-refractivity contribution in [2.24, 2.45) is 16.7 Å². The van der Waals surface area contributed by atoms with Crippen LogP contribution in [0.2, 0.25) is 0 Å². The first-order chi connectivity index (χ1) is 7.32. The average Bonchev–Trinajstić information content (AvgIpc) is 2.59. The van der Waals surface area contributed by atoms with Crippen molar-refractivity contribution >= 4 is 22.9 Å². The third kappa shape index (κ3) is 1.64. The van der Waals surface area contributed by atoms with Crippen LogP contribution in [0.25, 0.3) is 0 Å². The Morgan fingerprint density at radius 1 is 1.25 bits per heavy atom. The number of halogens is 1. The molecule has 1 fully saturated rings. The van der Waals surface area contributed by atoms with Gasteiger partial charge in [0.15, 0.2) is 0 Å². The summed E-state index contributed by atoms with van der Waals surface area (Å²) in [6.07, 6.45) is 1.12. The molecule has 1 atom stereocenters. The second-order valence-electron chi connectivity index (χ2n) is 5.98. The Balaban J connectivity index is 2.18. The highest BCUT2D eigenvalue weighted by atomic mass is 35.5. The van der Waals surface area contributed by atoms with Gasteiger partial charge in [0.05, 0.1) is 5.38 Å². The summed E-state index contributed by atoms with van der Waals surface area (Å²) in [6.45, 7) is 11.5. The van der Waals surface area contributed by atoms with Gasteiger partial charge in [-0.2, -0.15) is 0 Å². The monoisotopic (exact) mass is 256 g/mol. The van der Waals surface area contributed by atoms with Crippen molar-refractivity contribution in [2.75, 3.05) is 0 Å². The minimum Gasteiger partial charge on any atom is -0.144 e. The van der Waals surface area contributed by atoms with Crippen molar-refractivity contribution in [3.63, 3.8) is 0 Å². The molecular formula is C14H21ClS. The SMILES string of the molecule is CCc1ccc(C(Cl)C2C(C)(C)C2(C)C)s1. The smallest absolute Gasteiger partial charge is 0.0717 e. The van der Waals surface area contributed by atoms with E-state index in [1.165, 1.54) is 9.75 Å². The Morgan fingerprint density at radius 3 is 2.19 bits per heavy atom. The van der Waals surface area contributed by atoms with Crippen LogP contribution in [0.3, 0.4) is 0 Å². The predicted octanol–water partition coefficient (Wildman–Crippen LogP) is 5.27. The van der Waals surface area contributed by atoms with Gasteiger partial charge in [0.1, 0.15) is 0 Å². The van der Waals surface area contributed by atoms with Gasteiger partial charge in [-0.05, 0) is 35.3 Å². The van der Waals surface area contributed by atoms with Gasteiger partial charge in [0, 0.05) is 9.75 Å². The van der Waals surface area contributed by atoms with E-state index >= 15 is 0 Å². The van der Waals surface area contributed by atoms with E-state index in [2.05, 4.69) is 46.8 Å². The Hall–Kier alpha value is -0.0100. The molecule has 1 aliphatic carbocycles. The van der Waals surface area contributed by atoms with E-state index in [9.17, 15) is 0 Å². The Labute approximate surface area is 108 Å². The number of rotatable bonds is 3. The molecule has 90 valence electrons. The third-order valence-corrected chi connectivity index (χ3v) is 6.66. The topological polar surface area (TPSA) is 0 Å².